The lowest BCUT2D eigenvalue weighted by Gasteiger charge is -2.32. The van der Waals surface area contributed by atoms with Crippen LogP contribution in [0.5, 0.6) is 11.6 Å². The summed E-state index contributed by atoms with van der Waals surface area (Å²) in [5.74, 6) is 1.08. The summed E-state index contributed by atoms with van der Waals surface area (Å²) >= 11 is 5.99. The van der Waals surface area contributed by atoms with Gasteiger partial charge >= 0.3 is 6.03 Å². The number of piperidine rings is 1. The molecule has 2 amide bonds. The number of aromatic nitrogens is 2. The molecule has 0 spiro atoms. The van der Waals surface area contributed by atoms with E-state index >= 15 is 0 Å². The summed E-state index contributed by atoms with van der Waals surface area (Å²) in [5, 5.41) is 11.1. The molecular formula is C17H19ClN4O3. The number of carbonyl (C=O) groups is 1. The Balaban J connectivity index is 1.54. The van der Waals surface area contributed by atoms with Gasteiger partial charge in [-0.3, -0.25) is 0 Å². The molecule has 1 aromatic heterocycles. The number of amides is 2. The van der Waals surface area contributed by atoms with Crippen LogP contribution in [-0.2, 0) is 0 Å². The summed E-state index contributed by atoms with van der Waals surface area (Å²) in [6.45, 7) is 1.19. The Bertz CT molecular complexity index is 721. The van der Waals surface area contributed by atoms with Gasteiger partial charge in [0.25, 0.3) is 0 Å². The predicted octanol–water partition coefficient (Wildman–Crippen LogP) is 3.21. The van der Waals surface area contributed by atoms with E-state index in [4.69, 9.17) is 21.1 Å². The highest BCUT2D eigenvalue weighted by molar-refractivity contribution is 6.31. The van der Waals surface area contributed by atoms with Gasteiger partial charge in [-0.1, -0.05) is 11.6 Å². The van der Waals surface area contributed by atoms with Crippen molar-refractivity contribution in [2.45, 2.75) is 18.9 Å². The van der Waals surface area contributed by atoms with E-state index in [2.05, 4.69) is 15.5 Å². The number of anilines is 1. The summed E-state index contributed by atoms with van der Waals surface area (Å²) in [7, 11) is 1.55. The summed E-state index contributed by atoms with van der Waals surface area (Å²) in [6.07, 6.45) is 3.10. The van der Waals surface area contributed by atoms with Crippen molar-refractivity contribution in [3.8, 4) is 11.6 Å². The quantitative estimate of drug-likeness (QED) is 0.903. The van der Waals surface area contributed by atoms with E-state index in [9.17, 15) is 4.79 Å². The Hall–Kier alpha value is -2.54. The van der Waals surface area contributed by atoms with Gasteiger partial charge in [0.1, 0.15) is 11.9 Å². The maximum absolute atomic E-state index is 12.5. The van der Waals surface area contributed by atoms with E-state index in [1.165, 1.54) is 0 Å². The summed E-state index contributed by atoms with van der Waals surface area (Å²) < 4.78 is 11.0. The minimum atomic E-state index is -0.182. The molecule has 2 heterocycles. The molecule has 0 saturated carbocycles. The molecule has 7 nitrogen and oxygen atoms in total. The van der Waals surface area contributed by atoms with E-state index in [0.717, 1.165) is 12.8 Å². The van der Waals surface area contributed by atoms with Gasteiger partial charge in [0.05, 0.1) is 12.8 Å². The Labute approximate surface area is 150 Å². The highest BCUT2D eigenvalue weighted by Crippen LogP contribution is 2.28. The van der Waals surface area contributed by atoms with Gasteiger partial charge in [-0.05, 0) is 24.3 Å². The van der Waals surface area contributed by atoms with Crippen LogP contribution in [0.25, 0.3) is 0 Å². The average Bonchev–Trinajstić information content (AvgIpc) is 2.63. The Kier molecular flexibility index (Phi) is 5.55. The molecule has 1 saturated heterocycles. The molecule has 1 aliphatic rings. The minimum Gasteiger partial charge on any atom is -0.495 e. The SMILES string of the molecule is COc1ccc(Cl)cc1NC(=O)N1CCC(Oc2cccnn2)CC1. The number of hydrogen-bond acceptors (Lipinski definition) is 5. The third kappa shape index (κ3) is 4.51. The summed E-state index contributed by atoms with van der Waals surface area (Å²) in [6, 6.07) is 8.48. The molecule has 2 aromatic rings. The Morgan fingerprint density at radius 2 is 2.12 bits per heavy atom. The number of halogens is 1. The van der Waals surface area contributed by atoms with Crippen molar-refractivity contribution in [3.05, 3.63) is 41.6 Å². The number of likely N-dealkylation sites (tertiary alicyclic amines) is 1. The first-order valence-electron chi connectivity index (χ1n) is 7.99. The number of nitrogens with one attached hydrogen (secondary N) is 1. The van der Waals surface area contributed by atoms with Crippen molar-refractivity contribution in [2.24, 2.45) is 0 Å². The Morgan fingerprint density at radius 1 is 1.32 bits per heavy atom. The maximum Gasteiger partial charge on any atom is 0.321 e. The molecule has 132 valence electrons. The number of hydrogen-bond donors (Lipinski definition) is 1. The lowest BCUT2D eigenvalue weighted by Crippen LogP contribution is -2.43. The summed E-state index contributed by atoms with van der Waals surface area (Å²) in [4.78, 5) is 14.2. The first kappa shape index (κ1) is 17.3. The number of ether oxygens (including phenoxy) is 2. The van der Waals surface area contributed by atoms with E-state index in [1.54, 1.807) is 48.5 Å². The normalized spacial score (nSPS) is 14.9. The zero-order valence-electron chi connectivity index (χ0n) is 13.8. The number of carbonyl (C=O) groups excluding carboxylic acids is 1. The first-order valence-corrected chi connectivity index (χ1v) is 8.37. The number of nitrogens with zero attached hydrogens (tertiary/aromatic N) is 3. The van der Waals surface area contributed by atoms with Gasteiger partial charge in [-0.15, -0.1) is 5.10 Å². The van der Waals surface area contributed by atoms with E-state index < -0.39 is 0 Å². The predicted molar refractivity (Wildman–Crippen MR) is 94.3 cm³/mol. The van der Waals surface area contributed by atoms with Crippen LogP contribution in [0.4, 0.5) is 10.5 Å². The lowest BCUT2D eigenvalue weighted by atomic mass is 10.1. The van der Waals surface area contributed by atoms with Crippen LogP contribution in [0.2, 0.25) is 5.02 Å². The number of rotatable bonds is 4. The fourth-order valence-corrected chi connectivity index (χ4v) is 2.84. The number of urea groups is 1. The molecular weight excluding hydrogens is 344 g/mol. The second-order valence-electron chi connectivity index (χ2n) is 5.64. The Morgan fingerprint density at radius 3 is 2.80 bits per heavy atom. The van der Waals surface area contributed by atoms with Crippen LogP contribution in [0.1, 0.15) is 12.8 Å². The highest BCUT2D eigenvalue weighted by atomic mass is 35.5. The molecule has 0 aliphatic carbocycles. The van der Waals surface area contributed by atoms with Gasteiger partial charge in [0.2, 0.25) is 5.88 Å². The fourth-order valence-electron chi connectivity index (χ4n) is 2.67. The van der Waals surface area contributed by atoms with Gasteiger partial charge < -0.3 is 19.7 Å². The number of methoxy groups -OCH3 is 1. The largest absolute Gasteiger partial charge is 0.495 e. The van der Waals surface area contributed by atoms with Gasteiger partial charge in [0, 0.05) is 43.2 Å². The van der Waals surface area contributed by atoms with Crippen molar-refractivity contribution in [2.75, 3.05) is 25.5 Å². The van der Waals surface area contributed by atoms with E-state index in [-0.39, 0.29) is 12.1 Å². The molecule has 8 heteroatoms. The fraction of sp³-hybridized carbons (Fsp3) is 0.353. The zero-order valence-corrected chi connectivity index (χ0v) is 14.6. The molecule has 0 atom stereocenters. The second kappa shape index (κ2) is 8.02. The standard InChI is InChI=1S/C17H19ClN4O3/c1-24-15-5-4-12(18)11-14(15)20-17(23)22-9-6-13(7-10-22)25-16-3-2-8-19-21-16/h2-5,8,11,13H,6-7,9-10H2,1H3,(H,20,23). The van der Waals surface area contributed by atoms with Crippen molar-refractivity contribution in [1.82, 2.24) is 15.1 Å². The van der Waals surface area contributed by atoms with E-state index in [0.29, 0.717) is 35.4 Å². The summed E-state index contributed by atoms with van der Waals surface area (Å²) in [5.41, 5.74) is 0.554. The van der Waals surface area contributed by atoms with Crippen LogP contribution in [0, 0.1) is 0 Å². The molecule has 25 heavy (non-hydrogen) atoms. The first-order chi connectivity index (χ1) is 12.2. The van der Waals surface area contributed by atoms with Gasteiger partial charge in [-0.25, -0.2) is 4.79 Å². The lowest BCUT2D eigenvalue weighted by molar-refractivity contribution is 0.110. The van der Waals surface area contributed by atoms with Crippen LogP contribution in [-0.4, -0.2) is 47.4 Å². The van der Waals surface area contributed by atoms with Crippen LogP contribution < -0.4 is 14.8 Å². The van der Waals surface area contributed by atoms with Crippen molar-refractivity contribution < 1.29 is 14.3 Å². The van der Waals surface area contributed by atoms with Gasteiger partial charge in [0.15, 0.2) is 0 Å². The average molecular weight is 363 g/mol. The molecule has 1 aromatic carbocycles. The molecule has 0 radical (unpaired) electrons. The van der Waals surface area contributed by atoms with Crippen LogP contribution in [0.15, 0.2) is 36.5 Å². The topological polar surface area (TPSA) is 76.6 Å². The van der Waals surface area contributed by atoms with Crippen LogP contribution in [0.3, 0.4) is 0 Å². The van der Waals surface area contributed by atoms with Crippen molar-refractivity contribution in [3.63, 3.8) is 0 Å². The molecule has 3 rings (SSSR count). The highest BCUT2D eigenvalue weighted by Gasteiger charge is 2.24. The molecule has 0 unspecified atom stereocenters. The maximum atomic E-state index is 12.5. The monoisotopic (exact) mass is 362 g/mol. The zero-order chi connectivity index (χ0) is 17.6. The third-order valence-electron chi connectivity index (χ3n) is 3.97. The second-order valence-corrected chi connectivity index (χ2v) is 6.08. The molecule has 0 bridgehead atoms. The number of benzene rings is 1. The van der Waals surface area contributed by atoms with Crippen LogP contribution >= 0.6 is 11.6 Å². The van der Waals surface area contributed by atoms with E-state index in [1.807, 2.05) is 0 Å². The third-order valence-corrected chi connectivity index (χ3v) is 4.20. The molecule has 1 aliphatic heterocycles. The van der Waals surface area contributed by atoms with Crippen molar-refractivity contribution >= 4 is 23.3 Å². The smallest absolute Gasteiger partial charge is 0.321 e. The van der Waals surface area contributed by atoms with Crippen molar-refractivity contribution in [1.29, 1.82) is 0 Å². The van der Waals surface area contributed by atoms with Gasteiger partial charge in [-0.2, -0.15) is 5.10 Å². The minimum absolute atomic E-state index is 0.0291. The molecule has 1 N–H and O–H groups in total. The molecule has 1 fully saturated rings.